The lowest BCUT2D eigenvalue weighted by Crippen LogP contribution is -2.17. The summed E-state index contributed by atoms with van der Waals surface area (Å²) in [7, 11) is 0. The van der Waals surface area contributed by atoms with Crippen LogP contribution in [0.5, 0.6) is 0 Å². The third-order valence-corrected chi connectivity index (χ3v) is 3.54. The number of oxazole rings is 1. The molecule has 0 unspecified atom stereocenters. The monoisotopic (exact) mass is 311 g/mol. The largest absolute Gasteiger partial charge is 0.443 e. The summed E-state index contributed by atoms with van der Waals surface area (Å²) >= 11 is 0. The van der Waals surface area contributed by atoms with Gasteiger partial charge in [0, 0.05) is 0 Å². The van der Waals surface area contributed by atoms with E-state index in [2.05, 4.69) is 15.0 Å². The van der Waals surface area contributed by atoms with Crippen LogP contribution in [0.25, 0.3) is 22.6 Å². The number of nitrogens with one attached hydrogen (secondary N) is 1. The van der Waals surface area contributed by atoms with Crippen LogP contribution in [0.3, 0.4) is 0 Å². The van der Waals surface area contributed by atoms with Gasteiger partial charge in [-0.2, -0.15) is 0 Å². The first kappa shape index (κ1) is 14.8. The average molecular weight is 311 g/mol. The van der Waals surface area contributed by atoms with Crippen LogP contribution in [0.1, 0.15) is 13.8 Å². The van der Waals surface area contributed by atoms with E-state index < -0.39 is 0 Å². The fraction of sp³-hybridized carbons (Fsp3) is 0.188. The normalized spacial score (nSPS) is 12.5. The molecule has 0 aliphatic carbocycles. The Morgan fingerprint density at radius 1 is 1.48 bits per heavy atom. The van der Waals surface area contributed by atoms with E-state index in [0.29, 0.717) is 29.2 Å². The van der Waals surface area contributed by atoms with Crippen molar-refractivity contribution in [2.45, 2.75) is 20.4 Å². The molecule has 0 saturated carbocycles. The summed E-state index contributed by atoms with van der Waals surface area (Å²) in [6.45, 7) is 4.31. The Bertz CT molecular complexity index is 945. The van der Waals surface area contributed by atoms with Crippen molar-refractivity contribution < 1.29 is 4.42 Å². The number of rotatable bonds is 4. The van der Waals surface area contributed by atoms with E-state index in [-0.39, 0.29) is 11.5 Å². The molecule has 0 atom stereocenters. The lowest BCUT2D eigenvalue weighted by Gasteiger charge is -2.06. The highest BCUT2D eigenvalue weighted by atomic mass is 16.3. The van der Waals surface area contributed by atoms with Gasteiger partial charge in [0.1, 0.15) is 23.3 Å². The van der Waals surface area contributed by atoms with Crippen molar-refractivity contribution in [2.75, 3.05) is 5.73 Å². The van der Waals surface area contributed by atoms with Gasteiger partial charge in [-0.15, -0.1) is 0 Å². The van der Waals surface area contributed by atoms with E-state index in [4.69, 9.17) is 10.2 Å². The van der Waals surface area contributed by atoms with Crippen LogP contribution in [0, 0.1) is 0 Å². The van der Waals surface area contributed by atoms with Crippen molar-refractivity contribution >= 4 is 16.9 Å². The standard InChI is InChI=1S/C16H17N5O2/c1-3-5-10(4-2)9-21-12-8-11(15-18-6-7-23-15)19-14(17)13(12)20-16(21)22/h3-8H,9H2,1-2H3,(H2,17,19)(H,20,22)/b5-3-,10-4+. The van der Waals surface area contributed by atoms with Crippen molar-refractivity contribution in [3.05, 3.63) is 52.8 Å². The predicted molar refractivity (Wildman–Crippen MR) is 88.8 cm³/mol. The van der Waals surface area contributed by atoms with Gasteiger partial charge in [-0.05, 0) is 25.5 Å². The van der Waals surface area contributed by atoms with E-state index in [0.717, 1.165) is 5.57 Å². The molecule has 3 aromatic heterocycles. The molecule has 0 bridgehead atoms. The molecule has 0 amide bonds. The van der Waals surface area contributed by atoms with Crippen LogP contribution in [0.15, 0.2) is 51.5 Å². The highest BCUT2D eigenvalue weighted by Crippen LogP contribution is 2.24. The molecule has 0 aliphatic rings. The summed E-state index contributed by atoms with van der Waals surface area (Å²) in [6.07, 6.45) is 8.86. The number of nitrogens with zero attached hydrogens (tertiary/aromatic N) is 3. The number of hydrogen-bond donors (Lipinski definition) is 2. The zero-order valence-corrected chi connectivity index (χ0v) is 12.9. The van der Waals surface area contributed by atoms with Gasteiger partial charge in [-0.25, -0.2) is 14.8 Å². The molecule has 0 aliphatic heterocycles. The zero-order chi connectivity index (χ0) is 16.4. The summed E-state index contributed by atoms with van der Waals surface area (Å²) < 4.78 is 6.88. The van der Waals surface area contributed by atoms with Gasteiger partial charge in [0.2, 0.25) is 5.89 Å². The second kappa shape index (κ2) is 5.96. The quantitative estimate of drug-likeness (QED) is 0.721. The molecule has 7 heteroatoms. The first-order valence-corrected chi connectivity index (χ1v) is 7.20. The smallest absolute Gasteiger partial charge is 0.326 e. The van der Waals surface area contributed by atoms with Gasteiger partial charge < -0.3 is 15.1 Å². The lowest BCUT2D eigenvalue weighted by atomic mass is 10.2. The minimum absolute atomic E-state index is 0.234. The van der Waals surface area contributed by atoms with Crippen molar-refractivity contribution in [3.63, 3.8) is 0 Å². The second-order valence-electron chi connectivity index (χ2n) is 5.00. The topological polar surface area (TPSA) is 103 Å². The summed E-state index contributed by atoms with van der Waals surface area (Å²) in [4.78, 5) is 23.4. The van der Waals surface area contributed by atoms with Crippen molar-refractivity contribution in [3.8, 4) is 11.6 Å². The Kier molecular flexibility index (Phi) is 3.84. The van der Waals surface area contributed by atoms with E-state index in [9.17, 15) is 4.79 Å². The Morgan fingerprint density at radius 3 is 2.96 bits per heavy atom. The van der Waals surface area contributed by atoms with Crippen LogP contribution in [0.4, 0.5) is 5.82 Å². The van der Waals surface area contributed by atoms with Gasteiger partial charge >= 0.3 is 5.69 Å². The third-order valence-electron chi connectivity index (χ3n) is 3.54. The van der Waals surface area contributed by atoms with Crippen LogP contribution in [-0.2, 0) is 6.54 Å². The van der Waals surface area contributed by atoms with E-state index in [1.54, 1.807) is 10.6 Å². The molecular weight excluding hydrogens is 294 g/mol. The molecule has 0 radical (unpaired) electrons. The lowest BCUT2D eigenvalue weighted by molar-refractivity contribution is 0.572. The molecule has 23 heavy (non-hydrogen) atoms. The number of aromatic amines is 1. The average Bonchev–Trinajstić information content (AvgIpc) is 3.16. The number of allylic oxidation sites excluding steroid dienone is 4. The van der Waals surface area contributed by atoms with Gasteiger partial charge in [0.05, 0.1) is 18.3 Å². The van der Waals surface area contributed by atoms with Crippen molar-refractivity contribution in [1.29, 1.82) is 0 Å². The SMILES string of the molecule is C/C=C\C(=C/C)Cn1c(=O)[nH]c2c(N)nc(-c3ncco3)cc21. The number of pyridine rings is 1. The Morgan fingerprint density at radius 2 is 2.30 bits per heavy atom. The Hall–Kier alpha value is -3.09. The number of aromatic nitrogens is 4. The summed E-state index contributed by atoms with van der Waals surface area (Å²) in [5.74, 6) is 0.595. The fourth-order valence-electron chi connectivity index (χ4n) is 2.43. The molecule has 3 rings (SSSR count). The van der Waals surface area contributed by atoms with Crippen molar-refractivity contribution in [1.82, 2.24) is 19.5 Å². The van der Waals surface area contributed by atoms with Crippen molar-refractivity contribution in [2.24, 2.45) is 0 Å². The van der Waals surface area contributed by atoms with Gasteiger partial charge in [0.25, 0.3) is 0 Å². The molecular formula is C16H17N5O2. The maximum atomic E-state index is 12.3. The van der Waals surface area contributed by atoms with E-state index in [1.807, 2.05) is 32.1 Å². The minimum Gasteiger partial charge on any atom is -0.443 e. The zero-order valence-electron chi connectivity index (χ0n) is 12.9. The second-order valence-corrected chi connectivity index (χ2v) is 5.00. The number of anilines is 1. The number of hydrogen-bond acceptors (Lipinski definition) is 5. The van der Waals surface area contributed by atoms with Crippen LogP contribution in [0.2, 0.25) is 0 Å². The van der Waals surface area contributed by atoms with Crippen LogP contribution < -0.4 is 11.4 Å². The molecule has 0 spiro atoms. The van der Waals surface area contributed by atoms with Gasteiger partial charge in [-0.3, -0.25) is 4.57 Å². The highest BCUT2D eigenvalue weighted by molar-refractivity contribution is 5.87. The third kappa shape index (κ3) is 2.68. The van der Waals surface area contributed by atoms with Crippen LogP contribution in [-0.4, -0.2) is 19.5 Å². The number of imidazole rings is 1. The number of H-pyrrole nitrogens is 1. The molecule has 3 aromatic rings. The number of fused-ring (bicyclic) bond motifs is 1. The molecule has 3 N–H and O–H groups in total. The fourth-order valence-corrected chi connectivity index (χ4v) is 2.43. The molecule has 7 nitrogen and oxygen atoms in total. The first-order chi connectivity index (χ1) is 11.1. The van der Waals surface area contributed by atoms with Crippen LogP contribution >= 0.6 is 0 Å². The summed E-state index contributed by atoms with van der Waals surface area (Å²) in [5.41, 5.74) is 8.43. The molecule has 118 valence electrons. The van der Waals surface area contributed by atoms with E-state index >= 15 is 0 Å². The molecule has 0 fully saturated rings. The molecule has 3 heterocycles. The van der Waals surface area contributed by atoms with Gasteiger partial charge in [0.15, 0.2) is 0 Å². The summed E-state index contributed by atoms with van der Waals surface area (Å²) in [6, 6.07) is 1.75. The maximum Gasteiger partial charge on any atom is 0.326 e. The number of nitrogen functional groups attached to an aromatic ring is 1. The predicted octanol–water partition coefficient (Wildman–Crippen LogP) is 2.48. The Balaban J connectivity index is 2.18. The van der Waals surface area contributed by atoms with E-state index in [1.165, 1.54) is 12.5 Å². The number of nitrogens with two attached hydrogens (primary N) is 1. The highest BCUT2D eigenvalue weighted by Gasteiger charge is 2.15. The Labute approximate surface area is 132 Å². The first-order valence-electron chi connectivity index (χ1n) is 7.20. The minimum atomic E-state index is -0.234. The molecule has 0 aromatic carbocycles. The molecule has 0 saturated heterocycles. The maximum absolute atomic E-state index is 12.3. The van der Waals surface area contributed by atoms with Gasteiger partial charge in [-0.1, -0.05) is 18.2 Å². The summed E-state index contributed by atoms with van der Waals surface area (Å²) in [5, 5.41) is 0.